The second-order valence-electron chi connectivity index (χ2n) is 5.11. The monoisotopic (exact) mass is 336 g/mol. The van der Waals surface area contributed by atoms with Crippen molar-refractivity contribution < 1.29 is 13.2 Å². The van der Waals surface area contributed by atoms with E-state index >= 15 is 0 Å². The molecule has 0 aliphatic carbocycles. The Morgan fingerprint density at radius 3 is 2.29 bits per heavy atom. The van der Waals surface area contributed by atoms with Crippen molar-refractivity contribution in [3.05, 3.63) is 24.3 Å². The maximum Gasteiger partial charge on any atom is 0.242 e. The number of halogens is 1. The van der Waals surface area contributed by atoms with Gasteiger partial charge in [0.05, 0.1) is 11.5 Å². The maximum atomic E-state index is 12.3. The molecule has 0 aromatic heterocycles. The minimum Gasteiger partial charge on any atom is -0.493 e. The average Bonchev–Trinajstić information content (AvgIpc) is 2.42. The Balaban J connectivity index is 0.00000400. The highest BCUT2D eigenvalue weighted by Gasteiger charge is 2.19. The Bertz CT molecular complexity index is 503. The Kier molecular flexibility index (Phi) is 8.89. The molecule has 0 bridgehead atoms. The molecule has 0 saturated heterocycles. The van der Waals surface area contributed by atoms with Crippen LogP contribution in [0.5, 0.6) is 5.75 Å². The van der Waals surface area contributed by atoms with Gasteiger partial charge in [0.1, 0.15) is 5.75 Å². The number of ether oxygens (including phenoxy) is 1. The molecule has 0 aliphatic rings. The first-order chi connectivity index (χ1) is 9.37. The van der Waals surface area contributed by atoms with Crippen LogP contribution < -0.4 is 10.1 Å². The van der Waals surface area contributed by atoms with Crippen LogP contribution >= 0.6 is 12.4 Å². The van der Waals surface area contributed by atoms with E-state index in [9.17, 15) is 8.42 Å². The van der Waals surface area contributed by atoms with Gasteiger partial charge in [0, 0.05) is 20.1 Å². The van der Waals surface area contributed by atoms with Crippen LogP contribution in [0.3, 0.4) is 0 Å². The topological polar surface area (TPSA) is 58.6 Å². The van der Waals surface area contributed by atoms with E-state index in [0.29, 0.717) is 31.4 Å². The lowest BCUT2D eigenvalue weighted by Gasteiger charge is -2.17. The number of hydrogen-bond acceptors (Lipinski definition) is 4. The Morgan fingerprint density at radius 1 is 1.24 bits per heavy atom. The molecule has 1 aromatic rings. The molecule has 0 saturated carbocycles. The summed E-state index contributed by atoms with van der Waals surface area (Å²) in [6.07, 6.45) is 0. The molecule has 1 aromatic carbocycles. The summed E-state index contributed by atoms with van der Waals surface area (Å²) in [5.74, 6) is 1.13. The van der Waals surface area contributed by atoms with Crippen LogP contribution in [-0.4, -0.2) is 46.5 Å². The molecule has 1 rings (SSSR count). The number of nitrogens with zero attached hydrogens (tertiary/aromatic N) is 1. The first-order valence-corrected chi connectivity index (χ1v) is 8.15. The molecule has 0 radical (unpaired) electrons. The lowest BCUT2D eigenvalue weighted by atomic mass is 10.2. The fourth-order valence-corrected chi connectivity index (χ4v) is 2.71. The molecule has 7 heteroatoms. The molecular formula is C14H25ClN2O3S. The van der Waals surface area contributed by atoms with Crippen molar-refractivity contribution in [3.8, 4) is 5.75 Å². The van der Waals surface area contributed by atoms with Crippen LogP contribution in [0.4, 0.5) is 0 Å². The van der Waals surface area contributed by atoms with Crippen LogP contribution in [0.25, 0.3) is 0 Å². The van der Waals surface area contributed by atoms with Crippen molar-refractivity contribution in [2.45, 2.75) is 18.7 Å². The first-order valence-electron chi connectivity index (χ1n) is 6.71. The third-order valence-electron chi connectivity index (χ3n) is 2.79. The standard InChI is InChI=1S/C14H24N2O3S.ClH/c1-12(2)11-19-13-5-7-14(8-6-13)20(17,18)16(4)10-9-15-3;/h5-8,12,15H,9-11H2,1-4H3;1H. The van der Waals surface area contributed by atoms with Gasteiger partial charge in [-0.25, -0.2) is 8.42 Å². The van der Waals surface area contributed by atoms with E-state index in [4.69, 9.17) is 4.74 Å². The minimum atomic E-state index is -3.42. The number of sulfonamides is 1. The molecular weight excluding hydrogens is 312 g/mol. The van der Waals surface area contributed by atoms with Gasteiger partial charge in [0.2, 0.25) is 10.0 Å². The molecule has 0 unspecified atom stereocenters. The Hall–Kier alpha value is -0.820. The van der Waals surface area contributed by atoms with E-state index in [2.05, 4.69) is 19.2 Å². The first kappa shape index (κ1) is 20.2. The number of likely N-dealkylation sites (N-methyl/N-ethyl adjacent to an activating group) is 2. The molecule has 1 N–H and O–H groups in total. The van der Waals surface area contributed by atoms with Gasteiger partial charge in [-0.2, -0.15) is 4.31 Å². The van der Waals surface area contributed by atoms with E-state index in [-0.39, 0.29) is 17.3 Å². The summed E-state index contributed by atoms with van der Waals surface area (Å²) in [6.45, 7) is 5.80. The van der Waals surface area contributed by atoms with Crippen LogP contribution in [0.1, 0.15) is 13.8 Å². The maximum absolute atomic E-state index is 12.3. The van der Waals surface area contributed by atoms with E-state index in [1.807, 2.05) is 0 Å². The summed E-state index contributed by atoms with van der Waals surface area (Å²) in [5, 5.41) is 2.93. The second kappa shape index (κ2) is 9.25. The number of benzene rings is 1. The fraction of sp³-hybridized carbons (Fsp3) is 0.571. The van der Waals surface area contributed by atoms with Crippen LogP contribution in [0, 0.1) is 5.92 Å². The van der Waals surface area contributed by atoms with Crippen molar-refractivity contribution >= 4 is 22.4 Å². The third kappa shape index (κ3) is 6.22. The minimum absolute atomic E-state index is 0. The number of rotatable bonds is 8. The zero-order valence-electron chi connectivity index (χ0n) is 13.0. The number of hydrogen-bond donors (Lipinski definition) is 1. The summed E-state index contributed by atoms with van der Waals surface area (Å²) in [6, 6.07) is 6.56. The Morgan fingerprint density at radius 2 is 1.81 bits per heavy atom. The molecule has 5 nitrogen and oxygen atoms in total. The van der Waals surface area contributed by atoms with Crippen molar-refractivity contribution in [3.63, 3.8) is 0 Å². The van der Waals surface area contributed by atoms with E-state index < -0.39 is 10.0 Å². The van der Waals surface area contributed by atoms with Gasteiger partial charge in [0.25, 0.3) is 0 Å². The Labute approximate surface area is 134 Å². The molecule has 0 atom stereocenters. The smallest absolute Gasteiger partial charge is 0.242 e. The summed E-state index contributed by atoms with van der Waals surface area (Å²) >= 11 is 0. The highest BCUT2D eigenvalue weighted by Crippen LogP contribution is 2.19. The van der Waals surface area contributed by atoms with E-state index in [0.717, 1.165) is 0 Å². The zero-order valence-corrected chi connectivity index (χ0v) is 14.6. The van der Waals surface area contributed by atoms with Crippen molar-refractivity contribution in [2.24, 2.45) is 5.92 Å². The lowest BCUT2D eigenvalue weighted by molar-refractivity contribution is 0.271. The fourth-order valence-electron chi connectivity index (χ4n) is 1.54. The summed E-state index contributed by atoms with van der Waals surface area (Å²) < 4.78 is 31.4. The van der Waals surface area contributed by atoms with Gasteiger partial charge in [-0.1, -0.05) is 13.8 Å². The van der Waals surface area contributed by atoms with Gasteiger partial charge in [0.15, 0.2) is 0 Å². The van der Waals surface area contributed by atoms with Crippen LogP contribution in [0.2, 0.25) is 0 Å². The van der Waals surface area contributed by atoms with Gasteiger partial charge in [-0.15, -0.1) is 12.4 Å². The molecule has 0 aliphatic heterocycles. The predicted molar refractivity (Wildman–Crippen MR) is 87.8 cm³/mol. The lowest BCUT2D eigenvalue weighted by Crippen LogP contribution is -2.32. The number of nitrogens with one attached hydrogen (secondary N) is 1. The van der Waals surface area contributed by atoms with E-state index in [1.54, 1.807) is 38.4 Å². The van der Waals surface area contributed by atoms with Gasteiger partial charge in [-0.05, 0) is 37.2 Å². The van der Waals surface area contributed by atoms with Crippen molar-refractivity contribution in [1.82, 2.24) is 9.62 Å². The summed E-state index contributed by atoms with van der Waals surface area (Å²) in [5.41, 5.74) is 0. The summed E-state index contributed by atoms with van der Waals surface area (Å²) in [7, 11) is -0.0493. The van der Waals surface area contributed by atoms with E-state index in [1.165, 1.54) is 4.31 Å². The highest BCUT2D eigenvalue weighted by atomic mass is 35.5. The van der Waals surface area contributed by atoms with Gasteiger partial charge in [-0.3, -0.25) is 0 Å². The average molecular weight is 337 g/mol. The molecule has 0 fully saturated rings. The van der Waals surface area contributed by atoms with Crippen LogP contribution in [-0.2, 0) is 10.0 Å². The zero-order chi connectivity index (χ0) is 15.2. The summed E-state index contributed by atoms with van der Waals surface area (Å²) in [4.78, 5) is 0.285. The van der Waals surface area contributed by atoms with Gasteiger partial charge < -0.3 is 10.1 Å². The molecule has 122 valence electrons. The van der Waals surface area contributed by atoms with Crippen molar-refractivity contribution in [1.29, 1.82) is 0 Å². The van der Waals surface area contributed by atoms with Gasteiger partial charge >= 0.3 is 0 Å². The molecule has 0 heterocycles. The van der Waals surface area contributed by atoms with Crippen LogP contribution in [0.15, 0.2) is 29.2 Å². The largest absolute Gasteiger partial charge is 0.493 e. The normalized spacial score (nSPS) is 11.5. The predicted octanol–water partition coefficient (Wildman–Crippen LogP) is 1.98. The SMILES string of the molecule is CNCCN(C)S(=O)(=O)c1ccc(OCC(C)C)cc1.Cl. The molecule has 21 heavy (non-hydrogen) atoms. The molecule has 0 amide bonds. The third-order valence-corrected chi connectivity index (χ3v) is 4.66. The molecule has 0 spiro atoms. The van der Waals surface area contributed by atoms with Crippen molar-refractivity contribution in [2.75, 3.05) is 33.8 Å². The second-order valence-corrected chi connectivity index (χ2v) is 7.15. The highest BCUT2D eigenvalue weighted by molar-refractivity contribution is 7.89. The quantitative estimate of drug-likeness (QED) is 0.788.